The van der Waals surface area contributed by atoms with Crippen molar-refractivity contribution in [1.29, 1.82) is 0 Å². The summed E-state index contributed by atoms with van der Waals surface area (Å²) in [5, 5.41) is 6.50. The number of aryl methyl sites for hydroxylation is 1. The van der Waals surface area contributed by atoms with Gasteiger partial charge in [-0.3, -0.25) is 5.10 Å². The molecule has 0 saturated heterocycles. The summed E-state index contributed by atoms with van der Waals surface area (Å²) in [5.41, 5.74) is 2.58. The number of aromatic amines is 1. The van der Waals surface area contributed by atoms with E-state index in [0.717, 1.165) is 10.6 Å². The minimum absolute atomic E-state index is 0.0460. The molecule has 16 heavy (non-hydrogen) atoms. The quantitative estimate of drug-likeness (QED) is 0.818. The second-order valence-electron chi connectivity index (χ2n) is 2.99. The van der Waals surface area contributed by atoms with Gasteiger partial charge in [-0.1, -0.05) is 0 Å². The summed E-state index contributed by atoms with van der Waals surface area (Å²) in [5.74, 6) is 0.0693. The summed E-state index contributed by atoms with van der Waals surface area (Å²) < 4.78 is 4.79. The molecule has 7 heteroatoms. The summed E-state index contributed by atoms with van der Waals surface area (Å²) >= 11 is 1.44. The number of carbonyl (C=O) groups excluding carboxylic acids is 1. The highest BCUT2D eigenvalue weighted by molar-refractivity contribution is 7.13. The first-order valence-corrected chi connectivity index (χ1v) is 5.60. The predicted octanol–water partition coefficient (Wildman–Crippen LogP) is 1.41. The zero-order chi connectivity index (χ0) is 11.5. The van der Waals surface area contributed by atoms with Gasteiger partial charge in [-0.05, 0) is 13.8 Å². The van der Waals surface area contributed by atoms with Crippen molar-refractivity contribution in [2.75, 3.05) is 6.61 Å². The highest BCUT2D eigenvalue weighted by Gasteiger charge is 2.16. The van der Waals surface area contributed by atoms with E-state index in [9.17, 15) is 4.79 Å². The Morgan fingerprint density at radius 3 is 3.06 bits per heavy atom. The van der Waals surface area contributed by atoms with Gasteiger partial charge < -0.3 is 4.74 Å². The van der Waals surface area contributed by atoms with E-state index in [0.29, 0.717) is 12.4 Å². The van der Waals surface area contributed by atoms with Crippen LogP contribution in [0.2, 0.25) is 0 Å². The molecule has 1 N–H and O–H groups in total. The fraction of sp³-hybridized carbons (Fsp3) is 0.333. The van der Waals surface area contributed by atoms with Crippen molar-refractivity contribution in [3.8, 4) is 10.7 Å². The predicted molar refractivity (Wildman–Crippen MR) is 58.2 cm³/mol. The molecule has 0 spiro atoms. The zero-order valence-electron chi connectivity index (χ0n) is 8.85. The number of hydrogen-bond acceptors (Lipinski definition) is 6. The van der Waals surface area contributed by atoms with E-state index in [4.69, 9.17) is 4.74 Å². The van der Waals surface area contributed by atoms with E-state index in [-0.39, 0.29) is 5.82 Å². The van der Waals surface area contributed by atoms with Gasteiger partial charge in [0.25, 0.3) is 5.82 Å². The Morgan fingerprint density at radius 2 is 2.44 bits per heavy atom. The summed E-state index contributed by atoms with van der Waals surface area (Å²) in [4.78, 5) is 20.4. The SMILES string of the molecule is CCOC(=O)c1n[nH]c(-c2scnc2C)n1. The number of carbonyl (C=O) groups is 1. The van der Waals surface area contributed by atoms with Gasteiger partial charge in [-0.15, -0.1) is 16.4 Å². The van der Waals surface area contributed by atoms with E-state index in [2.05, 4.69) is 20.2 Å². The molecule has 84 valence electrons. The lowest BCUT2D eigenvalue weighted by Crippen LogP contribution is -2.06. The molecular formula is C9H10N4O2S. The van der Waals surface area contributed by atoms with Crippen LogP contribution >= 0.6 is 11.3 Å². The van der Waals surface area contributed by atoms with Crippen molar-refractivity contribution >= 4 is 17.3 Å². The number of esters is 1. The van der Waals surface area contributed by atoms with Crippen LogP contribution in [0.25, 0.3) is 10.7 Å². The van der Waals surface area contributed by atoms with Gasteiger partial charge in [0.05, 0.1) is 22.7 Å². The van der Waals surface area contributed by atoms with Crippen molar-refractivity contribution in [3.63, 3.8) is 0 Å². The molecule has 0 unspecified atom stereocenters. The van der Waals surface area contributed by atoms with E-state index < -0.39 is 5.97 Å². The molecule has 0 aliphatic heterocycles. The summed E-state index contributed by atoms with van der Waals surface area (Å²) in [7, 11) is 0. The Hall–Kier alpha value is -1.76. The van der Waals surface area contributed by atoms with Crippen LogP contribution in [-0.4, -0.2) is 32.7 Å². The van der Waals surface area contributed by atoms with Gasteiger partial charge in [-0.2, -0.15) is 0 Å². The van der Waals surface area contributed by atoms with Crippen LogP contribution in [0.3, 0.4) is 0 Å². The molecule has 0 aliphatic rings. The Balaban J connectivity index is 2.26. The molecule has 0 amide bonds. The van der Waals surface area contributed by atoms with E-state index in [1.165, 1.54) is 11.3 Å². The van der Waals surface area contributed by atoms with Gasteiger partial charge in [0.15, 0.2) is 5.82 Å². The first-order valence-electron chi connectivity index (χ1n) is 4.72. The Kier molecular flexibility index (Phi) is 2.95. The number of H-pyrrole nitrogens is 1. The van der Waals surface area contributed by atoms with Crippen molar-refractivity contribution in [3.05, 3.63) is 17.0 Å². The molecule has 0 bridgehead atoms. The van der Waals surface area contributed by atoms with Crippen LogP contribution < -0.4 is 0 Å². The number of aromatic nitrogens is 4. The fourth-order valence-electron chi connectivity index (χ4n) is 1.18. The van der Waals surface area contributed by atoms with Crippen molar-refractivity contribution in [1.82, 2.24) is 20.2 Å². The van der Waals surface area contributed by atoms with Crippen molar-refractivity contribution in [2.24, 2.45) is 0 Å². The third-order valence-electron chi connectivity index (χ3n) is 1.90. The molecule has 2 heterocycles. The minimum atomic E-state index is -0.521. The molecule has 0 radical (unpaired) electrons. The monoisotopic (exact) mass is 238 g/mol. The van der Waals surface area contributed by atoms with Gasteiger partial charge in [0, 0.05) is 0 Å². The molecule has 6 nitrogen and oxygen atoms in total. The Bertz CT molecular complexity index is 505. The van der Waals surface area contributed by atoms with Crippen molar-refractivity contribution in [2.45, 2.75) is 13.8 Å². The first-order chi connectivity index (χ1) is 7.72. The molecule has 2 rings (SSSR count). The minimum Gasteiger partial charge on any atom is -0.460 e. The molecule has 2 aromatic heterocycles. The summed E-state index contributed by atoms with van der Waals surface area (Å²) in [6.07, 6.45) is 0. The molecule has 0 saturated carbocycles. The number of rotatable bonds is 3. The Labute approximate surface area is 95.7 Å². The third-order valence-corrected chi connectivity index (χ3v) is 2.84. The number of nitrogens with one attached hydrogen (secondary N) is 1. The second-order valence-corrected chi connectivity index (χ2v) is 3.85. The topological polar surface area (TPSA) is 80.8 Å². The summed E-state index contributed by atoms with van der Waals surface area (Å²) in [6, 6.07) is 0. The van der Waals surface area contributed by atoms with Crippen LogP contribution in [-0.2, 0) is 4.74 Å². The third kappa shape index (κ3) is 1.94. The summed E-state index contributed by atoms with van der Waals surface area (Å²) in [6.45, 7) is 3.92. The Morgan fingerprint density at radius 1 is 1.62 bits per heavy atom. The lowest BCUT2D eigenvalue weighted by Gasteiger charge is -1.94. The van der Waals surface area contributed by atoms with E-state index >= 15 is 0 Å². The number of hydrogen-bond donors (Lipinski definition) is 1. The largest absolute Gasteiger partial charge is 0.460 e. The highest BCUT2D eigenvalue weighted by Crippen LogP contribution is 2.23. The van der Waals surface area contributed by atoms with Crippen molar-refractivity contribution < 1.29 is 9.53 Å². The maximum absolute atomic E-state index is 11.3. The van der Waals surface area contributed by atoms with Crippen LogP contribution in [0.5, 0.6) is 0 Å². The van der Waals surface area contributed by atoms with Gasteiger partial charge in [0.1, 0.15) is 0 Å². The zero-order valence-corrected chi connectivity index (χ0v) is 9.67. The maximum atomic E-state index is 11.3. The van der Waals surface area contributed by atoms with Gasteiger partial charge >= 0.3 is 5.97 Å². The lowest BCUT2D eigenvalue weighted by atomic mass is 10.4. The van der Waals surface area contributed by atoms with Crippen LogP contribution in [0.15, 0.2) is 5.51 Å². The highest BCUT2D eigenvalue weighted by atomic mass is 32.1. The van der Waals surface area contributed by atoms with E-state index in [1.807, 2.05) is 6.92 Å². The number of thiazole rings is 1. The van der Waals surface area contributed by atoms with Gasteiger partial charge in [-0.25, -0.2) is 14.8 Å². The molecular weight excluding hydrogens is 228 g/mol. The number of ether oxygens (including phenoxy) is 1. The number of nitrogens with zero attached hydrogens (tertiary/aromatic N) is 3. The van der Waals surface area contributed by atoms with E-state index in [1.54, 1.807) is 12.4 Å². The normalized spacial score (nSPS) is 10.4. The van der Waals surface area contributed by atoms with Crippen LogP contribution in [0.4, 0.5) is 0 Å². The maximum Gasteiger partial charge on any atom is 0.378 e. The van der Waals surface area contributed by atoms with Crippen LogP contribution in [0, 0.1) is 6.92 Å². The molecule has 0 aromatic carbocycles. The molecule has 0 atom stereocenters. The van der Waals surface area contributed by atoms with Crippen LogP contribution in [0.1, 0.15) is 23.2 Å². The molecule has 0 aliphatic carbocycles. The smallest absolute Gasteiger partial charge is 0.378 e. The average molecular weight is 238 g/mol. The fourth-order valence-corrected chi connectivity index (χ4v) is 1.92. The standard InChI is InChI=1S/C9H10N4O2S/c1-3-15-9(14)8-11-7(12-13-8)6-5(2)10-4-16-6/h4H,3H2,1-2H3,(H,11,12,13). The molecule has 0 fully saturated rings. The first kappa shape index (κ1) is 10.7. The second kappa shape index (κ2) is 4.40. The lowest BCUT2D eigenvalue weighted by molar-refractivity contribution is 0.0512. The average Bonchev–Trinajstić information content (AvgIpc) is 2.86. The molecule has 2 aromatic rings. The van der Waals surface area contributed by atoms with Gasteiger partial charge in [0.2, 0.25) is 0 Å².